The average Bonchev–Trinajstić information content (AvgIpc) is 3.09. The van der Waals surface area contributed by atoms with Crippen LogP contribution in [0.4, 0.5) is 4.39 Å². The molecule has 158 valence electrons. The van der Waals surface area contributed by atoms with Crippen LogP contribution in [0.5, 0.6) is 0 Å². The maximum Gasteiger partial charge on any atom is 0.272 e. The number of nitrogens with zero attached hydrogens (tertiary/aromatic N) is 4. The van der Waals surface area contributed by atoms with Gasteiger partial charge in [-0.25, -0.2) is 14.4 Å². The van der Waals surface area contributed by atoms with Gasteiger partial charge in [-0.1, -0.05) is 0 Å². The Kier molecular flexibility index (Phi) is 5.48. The molecule has 8 nitrogen and oxygen atoms in total. The number of fused-ring (bicyclic) bond motifs is 1. The zero-order valence-electron chi connectivity index (χ0n) is 16.9. The quantitative estimate of drug-likeness (QED) is 0.666. The van der Waals surface area contributed by atoms with Crippen molar-refractivity contribution >= 4 is 16.9 Å². The number of aliphatic hydroxyl groups is 1. The molecule has 0 unspecified atom stereocenters. The summed E-state index contributed by atoms with van der Waals surface area (Å²) in [6, 6.07) is 3.46. The highest BCUT2D eigenvalue weighted by atomic mass is 19.1. The zero-order valence-corrected chi connectivity index (χ0v) is 16.9. The Bertz CT molecular complexity index is 1060. The molecule has 2 atom stereocenters. The monoisotopic (exact) mass is 413 g/mol. The summed E-state index contributed by atoms with van der Waals surface area (Å²) in [4.78, 5) is 25.8. The molecule has 1 saturated heterocycles. The van der Waals surface area contributed by atoms with E-state index in [9.17, 15) is 14.3 Å². The molecule has 0 saturated carbocycles. The van der Waals surface area contributed by atoms with Crippen LogP contribution in [0.15, 0.2) is 30.6 Å². The van der Waals surface area contributed by atoms with Gasteiger partial charge in [0.15, 0.2) is 0 Å². The second-order valence-electron chi connectivity index (χ2n) is 7.56. The second kappa shape index (κ2) is 8.08. The van der Waals surface area contributed by atoms with Crippen LogP contribution in [0.25, 0.3) is 11.0 Å². The molecular formula is C21H24FN5O3. The minimum atomic E-state index is -1.36. The number of benzene rings is 1. The highest BCUT2D eigenvalue weighted by molar-refractivity contribution is 5.92. The van der Waals surface area contributed by atoms with Gasteiger partial charge in [-0.15, -0.1) is 0 Å². The normalized spacial score (nSPS) is 20.3. The first-order chi connectivity index (χ1) is 14.4. The Hall–Kier alpha value is -2.91. The number of ether oxygens (including phenoxy) is 1. The lowest BCUT2D eigenvalue weighted by atomic mass is 9.87. The molecule has 1 aromatic carbocycles. The van der Waals surface area contributed by atoms with Crippen molar-refractivity contribution in [3.8, 4) is 0 Å². The summed E-state index contributed by atoms with van der Waals surface area (Å²) in [6.07, 6.45) is 3.97. The maximum atomic E-state index is 13.9. The summed E-state index contributed by atoms with van der Waals surface area (Å²) in [5.41, 5.74) is 0.650. The first kappa shape index (κ1) is 20.4. The van der Waals surface area contributed by atoms with E-state index in [4.69, 9.17) is 4.74 Å². The lowest BCUT2D eigenvalue weighted by molar-refractivity contribution is -0.107. The lowest BCUT2D eigenvalue weighted by Crippen LogP contribution is -2.52. The highest BCUT2D eigenvalue weighted by Gasteiger charge is 2.43. The number of carbonyl (C=O) groups is 1. The van der Waals surface area contributed by atoms with E-state index >= 15 is 0 Å². The summed E-state index contributed by atoms with van der Waals surface area (Å²) in [7, 11) is 0. The predicted molar refractivity (Wildman–Crippen MR) is 107 cm³/mol. The minimum Gasteiger partial charge on any atom is -0.385 e. The SMILES string of the molecule is CCn1c([C@@H](NC(=O)c2cnc(C)cn2)[C@]2(O)CCCOC2)nc2ccc(F)cc21. The van der Waals surface area contributed by atoms with Gasteiger partial charge in [0.05, 0.1) is 29.5 Å². The fourth-order valence-electron chi connectivity index (χ4n) is 3.85. The molecule has 4 rings (SSSR count). The van der Waals surface area contributed by atoms with E-state index < -0.39 is 17.6 Å². The van der Waals surface area contributed by atoms with Gasteiger partial charge >= 0.3 is 0 Å². The van der Waals surface area contributed by atoms with E-state index in [2.05, 4.69) is 20.3 Å². The third-order valence-electron chi connectivity index (χ3n) is 5.39. The summed E-state index contributed by atoms with van der Waals surface area (Å²) in [5, 5.41) is 14.3. The van der Waals surface area contributed by atoms with Crippen molar-refractivity contribution in [2.45, 2.75) is 44.9 Å². The molecule has 9 heteroatoms. The number of halogens is 1. The van der Waals surface area contributed by atoms with Crippen LogP contribution in [-0.2, 0) is 11.3 Å². The Labute approximate surface area is 173 Å². The molecule has 3 aromatic rings. The summed E-state index contributed by atoms with van der Waals surface area (Å²) >= 11 is 0. The lowest BCUT2D eigenvalue weighted by Gasteiger charge is -2.38. The molecule has 1 aliphatic rings. The number of aryl methyl sites for hydroxylation is 2. The zero-order chi connectivity index (χ0) is 21.3. The largest absolute Gasteiger partial charge is 0.385 e. The van der Waals surface area contributed by atoms with Crippen molar-refractivity contribution in [1.82, 2.24) is 24.8 Å². The van der Waals surface area contributed by atoms with Crippen LogP contribution >= 0.6 is 0 Å². The maximum absolute atomic E-state index is 13.9. The van der Waals surface area contributed by atoms with E-state index in [-0.39, 0.29) is 18.1 Å². The fraction of sp³-hybridized carbons (Fsp3) is 0.429. The van der Waals surface area contributed by atoms with Gasteiger partial charge in [0.2, 0.25) is 0 Å². The van der Waals surface area contributed by atoms with Crippen LogP contribution in [0.1, 0.15) is 47.8 Å². The Balaban J connectivity index is 1.78. The van der Waals surface area contributed by atoms with Crippen molar-refractivity contribution in [2.75, 3.05) is 13.2 Å². The minimum absolute atomic E-state index is 0.0544. The van der Waals surface area contributed by atoms with Crippen LogP contribution in [0.2, 0.25) is 0 Å². The van der Waals surface area contributed by atoms with Crippen LogP contribution in [-0.4, -0.2) is 49.3 Å². The van der Waals surface area contributed by atoms with E-state index in [0.29, 0.717) is 48.5 Å². The van der Waals surface area contributed by atoms with E-state index in [1.807, 2.05) is 6.92 Å². The van der Waals surface area contributed by atoms with Crippen molar-refractivity contribution < 1.29 is 19.0 Å². The number of hydrogen-bond donors (Lipinski definition) is 2. The van der Waals surface area contributed by atoms with Crippen LogP contribution in [0.3, 0.4) is 0 Å². The topological polar surface area (TPSA) is 102 Å². The predicted octanol–water partition coefficient (Wildman–Crippen LogP) is 2.31. The summed E-state index contributed by atoms with van der Waals surface area (Å²) in [5.74, 6) is -0.411. The van der Waals surface area contributed by atoms with Gasteiger partial charge in [0.25, 0.3) is 5.91 Å². The smallest absolute Gasteiger partial charge is 0.272 e. The third kappa shape index (κ3) is 3.78. The van der Waals surface area contributed by atoms with Crippen molar-refractivity contribution in [1.29, 1.82) is 0 Å². The van der Waals surface area contributed by atoms with Gasteiger partial charge in [-0.2, -0.15) is 0 Å². The Morgan fingerprint density at radius 2 is 2.23 bits per heavy atom. The number of aromatic nitrogens is 4. The van der Waals surface area contributed by atoms with Crippen LogP contribution in [0, 0.1) is 12.7 Å². The van der Waals surface area contributed by atoms with Crippen LogP contribution < -0.4 is 5.32 Å². The molecule has 2 N–H and O–H groups in total. The Morgan fingerprint density at radius 1 is 1.40 bits per heavy atom. The second-order valence-corrected chi connectivity index (χ2v) is 7.56. The summed E-state index contributed by atoms with van der Waals surface area (Å²) in [6.45, 7) is 4.77. The molecule has 0 bridgehead atoms. The number of amides is 1. The molecular weight excluding hydrogens is 389 g/mol. The van der Waals surface area contributed by atoms with E-state index in [0.717, 1.165) is 0 Å². The number of hydrogen-bond acceptors (Lipinski definition) is 6. The van der Waals surface area contributed by atoms with Gasteiger partial charge in [-0.05, 0) is 44.9 Å². The molecule has 0 aliphatic carbocycles. The number of carbonyl (C=O) groups excluding carboxylic acids is 1. The Morgan fingerprint density at radius 3 is 2.90 bits per heavy atom. The average molecular weight is 413 g/mol. The highest BCUT2D eigenvalue weighted by Crippen LogP contribution is 2.34. The molecule has 1 aliphatic heterocycles. The molecule has 3 heterocycles. The fourth-order valence-corrected chi connectivity index (χ4v) is 3.85. The first-order valence-corrected chi connectivity index (χ1v) is 9.96. The molecule has 1 fully saturated rings. The molecule has 1 amide bonds. The van der Waals surface area contributed by atoms with Gasteiger partial charge in [0.1, 0.15) is 29.0 Å². The van der Waals surface area contributed by atoms with Crippen molar-refractivity contribution in [2.24, 2.45) is 0 Å². The van der Waals surface area contributed by atoms with Gasteiger partial charge in [-0.3, -0.25) is 9.78 Å². The van der Waals surface area contributed by atoms with Gasteiger partial charge in [0, 0.05) is 19.3 Å². The van der Waals surface area contributed by atoms with E-state index in [1.165, 1.54) is 24.5 Å². The standard InChI is InChI=1S/C21H24FN5O3/c1-3-27-17-9-14(22)5-6-15(17)25-19(27)18(21(29)7-4-8-30-12-21)26-20(28)16-11-23-13(2)10-24-16/h5-6,9-11,18,29H,3-4,7-8,12H2,1-2H3,(H,26,28)/t18-,21+/m1/s1. The molecule has 30 heavy (non-hydrogen) atoms. The van der Waals surface area contributed by atoms with Crippen molar-refractivity contribution in [3.05, 3.63) is 53.6 Å². The number of rotatable bonds is 5. The molecule has 0 radical (unpaired) electrons. The van der Waals surface area contributed by atoms with Gasteiger partial charge < -0.3 is 19.7 Å². The first-order valence-electron chi connectivity index (χ1n) is 9.96. The third-order valence-corrected chi connectivity index (χ3v) is 5.39. The summed E-state index contributed by atoms with van der Waals surface area (Å²) < 4.78 is 21.2. The number of nitrogens with one attached hydrogen (secondary N) is 1. The van der Waals surface area contributed by atoms with Crippen molar-refractivity contribution in [3.63, 3.8) is 0 Å². The number of imidazole rings is 1. The molecule has 0 spiro atoms. The molecule has 2 aromatic heterocycles. The van der Waals surface area contributed by atoms with E-state index in [1.54, 1.807) is 17.6 Å².